The summed E-state index contributed by atoms with van der Waals surface area (Å²) in [7, 11) is 5.63. The molecule has 1 atom stereocenters. The van der Waals surface area contributed by atoms with E-state index in [1.54, 1.807) is 6.08 Å². The van der Waals surface area contributed by atoms with Gasteiger partial charge in [-0.25, -0.2) is 0 Å². The summed E-state index contributed by atoms with van der Waals surface area (Å²) in [5, 5.41) is 3.19. The topological polar surface area (TPSA) is 12.0 Å². The fraction of sp³-hybridized carbons (Fsp3) is 0.556. The van der Waals surface area contributed by atoms with Crippen molar-refractivity contribution in [1.29, 1.82) is 0 Å². The predicted molar refractivity (Wildman–Crippen MR) is 51.7 cm³/mol. The highest BCUT2D eigenvalue weighted by atomic mass is 14.9. The van der Waals surface area contributed by atoms with Crippen molar-refractivity contribution in [1.82, 2.24) is 5.32 Å². The highest BCUT2D eigenvalue weighted by Crippen LogP contribution is 2.11. The summed E-state index contributed by atoms with van der Waals surface area (Å²) in [5.41, 5.74) is 0.979. The van der Waals surface area contributed by atoms with E-state index in [0.717, 1.165) is 12.1 Å². The lowest BCUT2D eigenvalue weighted by Gasteiger charge is -2.14. The van der Waals surface area contributed by atoms with E-state index in [1.807, 2.05) is 0 Å². The van der Waals surface area contributed by atoms with Gasteiger partial charge >= 0.3 is 0 Å². The number of hydrogen-bond donors (Lipinski definition) is 1. The molecule has 0 spiro atoms. The number of nitrogens with one attached hydrogen (secondary N) is 1. The summed E-state index contributed by atoms with van der Waals surface area (Å²) < 4.78 is 0. The van der Waals surface area contributed by atoms with Crippen LogP contribution in [0.2, 0.25) is 5.82 Å². The van der Waals surface area contributed by atoms with Crippen LogP contribution in [0.4, 0.5) is 0 Å². The first kappa shape index (κ1) is 10.3. The van der Waals surface area contributed by atoms with E-state index in [2.05, 4.69) is 32.3 Å². The van der Waals surface area contributed by atoms with Gasteiger partial charge in [0, 0.05) is 11.7 Å². The van der Waals surface area contributed by atoms with Crippen molar-refractivity contribution in [3.63, 3.8) is 0 Å². The summed E-state index contributed by atoms with van der Waals surface area (Å²) in [6.07, 6.45) is 2.49. The molecule has 0 heterocycles. The minimum Gasteiger partial charge on any atom is -0.387 e. The molecule has 0 aromatic heterocycles. The van der Waals surface area contributed by atoms with Crippen molar-refractivity contribution in [3.05, 3.63) is 24.9 Å². The molecular formula is C9H16BN. The SMILES string of the molecule is [B]C(C=C)CC(=C)NC(C)C. The lowest BCUT2D eigenvalue weighted by molar-refractivity contribution is 0.645. The Morgan fingerprint density at radius 1 is 1.64 bits per heavy atom. The molecule has 60 valence electrons. The largest absolute Gasteiger partial charge is 0.387 e. The Morgan fingerprint density at radius 3 is 2.55 bits per heavy atom. The highest BCUT2D eigenvalue weighted by molar-refractivity contribution is 6.13. The van der Waals surface area contributed by atoms with Crippen LogP contribution in [0.3, 0.4) is 0 Å². The zero-order valence-corrected chi connectivity index (χ0v) is 7.43. The zero-order chi connectivity index (χ0) is 8.85. The third-order valence-electron chi connectivity index (χ3n) is 1.28. The number of allylic oxidation sites excluding steroid dienone is 2. The molecule has 0 aromatic rings. The van der Waals surface area contributed by atoms with Crippen LogP contribution in [0.5, 0.6) is 0 Å². The van der Waals surface area contributed by atoms with Crippen LogP contribution in [0.15, 0.2) is 24.9 Å². The Labute approximate surface area is 71.0 Å². The van der Waals surface area contributed by atoms with Crippen molar-refractivity contribution in [3.8, 4) is 0 Å². The molecule has 0 amide bonds. The first-order valence-corrected chi connectivity index (χ1v) is 3.88. The monoisotopic (exact) mass is 149 g/mol. The summed E-state index contributed by atoms with van der Waals surface area (Å²) in [5.74, 6) is 0.0220. The molecule has 0 saturated heterocycles. The van der Waals surface area contributed by atoms with Gasteiger partial charge in [-0.2, -0.15) is 0 Å². The summed E-state index contributed by atoms with van der Waals surface area (Å²) >= 11 is 0. The number of rotatable bonds is 5. The van der Waals surface area contributed by atoms with Crippen LogP contribution in [-0.2, 0) is 0 Å². The Hall–Kier alpha value is -0.655. The number of hydrogen-bond acceptors (Lipinski definition) is 1. The van der Waals surface area contributed by atoms with E-state index in [0.29, 0.717) is 6.04 Å². The van der Waals surface area contributed by atoms with E-state index in [4.69, 9.17) is 7.85 Å². The van der Waals surface area contributed by atoms with Gasteiger partial charge in [-0.1, -0.05) is 18.5 Å². The van der Waals surface area contributed by atoms with Crippen LogP contribution in [-0.4, -0.2) is 13.9 Å². The fourth-order valence-electron chi connectivity index (χ4n) is 0.835. The summed E-state index contributed by atoms with van der Waals surface area (Å²) in [4.78, 5) is 0. The molecule has 2 radical (unpaired) electrons. The quantitative estimate of drug-likeness (QED) is 0.465. The molecule has 1 unspecified atom stereocenters. The Kier molecular flexibility index (Phi) is 4.76. The molecule has 0 aliphatic rings. The normalized spacial score (nSPS) is 12.6. The molecule has 0 bridgehead atoms. The van der Waals surface area contributed by atoms with Gasteiger partial charge in [0.25, 0.3) is 0 Å². The smallest absolute Gasteiger partial charge is 0.0760 e. The van der Waals surface area contributed by atoms with E-state index in [-0.39, 0.29) is 5.82 Å². The third kappa shape index (κ3) is 5.77. The lowest BCUT2D eigenvalue weighted by Crippen LogP contribution is -2.21. The molecule has 0 saturated carbocycles. The van der Waals surface area contributed by atoms with Crippen molar-refractivity contribution < 1.29 is 0 Å². The molecule has 2 heteroatoms. The maximum Gasteiger partial charge on any atom is 0.0760 e. The molecule has 0 aliphatic heterocycles. The van der Waals surface area contributed by atoms with E-state index in [9.17, 15) is 0 Å². The first-order chi connectivity index (χ1) is 5.06. The van der Waals surface area contributed by atoms with Gasteiger partial charge < -0.3 is 5.32 Å². The second-order valence-electron chi connectivity index (χ2n) is 3.01. The van der Waals surface area contributed by atoms with Gasteiger partial charge in [0.1, 0.15) is 0 Å². The average molecular weight is 149 g/mol. The van der Waals surface area contributed by atoms with Crippen molar-refractivity contribution in [2.45, 2.75) is 32.1 Å². The average Bonchev–Trinajstić information content (AvgIpc) is 1.85. The molecule has 0 fully saturated rings. The Bertz CT molecular complexity index is 140. The standard InChI is InChI=1S/C9H16BN/c1-5-9(10)6-8(4)11-7(2)3/h5,7,9,11H,1,4,6H2,2-3H3. The van der Waals surface area contributed by atoms with Gasteiger partial charge in [0.05, 0.1) is 7.85 Å². The minimum absolute atomic E-state index is 0.0220. The molecule has 1 nitrogen and oxygen atoms in total. The lowest BCUT2D eigenvalue weighted by atomic mass is 9.84. The van der Waals surface area contributed by atoms with Crippen LogP contribution in [0.25, 0.3) is 0 Å². The van der Waals surface area contributed by atoms with Crippen molar-refractivity contribution in [2.24, 2.45) is 0 Å². The fourth-order valence-corrected chi connectivity index (χ4v) is 0.835. The van der Waals surface area contributed by atoms with Gasteiger partial charge in [0.15, 0.2) is 0 Å². The first-order valence-electron chi connectivity index (χ1n) is 3.88. The molecule has 0 aromatic carbocycles. The predicted octanol–water partition coefficient (Wildman–Crippen LogP) is 2.03. The van der Waals surface area contributed by atoms with Crippen molar-refractivity contribution >= 4 is 7.85 Å². The van der Waals surface area contributed by atoms with E-state index < -0.39 is 0 Å². The van der Waals surface area contributed by atoms with Crippen LogP contribution >= 0.6 is 0 Å². The minimum atomic E-state index is 0.0220. The van der Waals surface area contributed by atoms with Crippen molar-refractivity contribution in [2.75, 3.05) is 0 Å². The second-order valence-corrected chi connectivity index (χ2v) is 3.01. The van der Waals surface area contributed by atoms with Crippen LogP contribution < -0.4 is 5.32 Å². The van der Waals surface area contributed by atoms with Gasteiger partial charge in [-0.05, 0) is 20.3 Å². The molecule has 0 rings (SSSR count). The zero-order valence-electron chi connectivity index (χ0n) is 7.43. The van der Waals surface area contributed by atoms with Gasteiger partial charge in [-0.15, -0.1) is 6.58 Å². The molecule has 1 N–H and O–H groups in total. The summed E-state index contributed by atoms with van der Waals surface area (Å²) in [6.45, 7) is 11.6. The maximum atomic E-state index is 5.63. The summed E-state index contributed by atoms with van der Waals surface area (Å²) in [6, 6.07) is 0.430. The second kappa shape index (κ2) is 5.06. The van der Waals surface area contributed by atoms with Gasteiger partial charge in [0.2, 0.25) is 0 Å². The molecule has 0 aliphatic carbocycles. The third-order valence-corrected chi connectivity index (χ3v) is 1.28. The highest BCUT2D eigenvalue weighted by Gasteiger charge is 2.00. The van der Waals surface area contributed by atoms with E-state index >= 15 is 0 Å². The van der Waals surface area contributed by atoms with Crippen LogP contribution in [0, 0.1) is 0 Å². The maximum absolute atomic E-state index is 5.63. The van der Waals surface area contributed by atoms with E-state index in [1.165, 1.54) is 0 Å². The Morgan fingerprint density at radius 2 is 2.18 bits per heavy atom. The molecule has 11 heavy (non-hydrogen) atoms. The Balaban J connectivity index is 3.60. The molecular weight excluding hydrogens is 133 g/mol. The van der Waals surface area contributed by atoms with Crippen LogP contribution in [0.1, 0.15) is 20.3 Å². The van der Waals surface area contributed by atoms with Gasteiger partial charge in [-0.3, -0.25) is 0 Å².